The Hall–Kier alpha value is -1.09. The number of hydrogen-bond donors (Lipinski definition) is 0. The minimum absolute atomic E-state index is 0.0843. The van der Waals surface area contributed by atoms with E-state index >= 15 is 0 Å². The van der Waals surface area contributed by atoms with E-state index < -0.39 is 0 Å². The van der Waals surface area contributed by atoms with Gasteiger partial charge in [-0.2, -0.15) is 0 Å². The van der Waals surface area contributed by atoms with Gasteiger partial charge < -0.3 is 4.90 Å². The average molecular weight is 251 g/mol. The fourth-order valence-corrected chi connectivity index (χ4v) is 2.67. The van der Waals surface area contributed by atoms with E-state index in [0.29, 0.717) is 0 Å². The first-order chi connectivity index (χ1) is 7.91. The molecule has 17 heavy (non-hydrogen) atoms. The average Bonchev–Trinajstić information content (AvgIpc) is 2.60. The molecule has 0 saturated carbocycles. The Labute approximate surface area is 108 Å². The molecule has 0 saturated heterocycles. The first-order valence-corrected chi connectivity index (χ1v) is 6.80. The number of carbonyl (C=O) groups excluding carboxylic acids is 1. The van der Waals surface area contributed by atoms with Gasteiger partial charge >= 0.3 is 0 Å². The summed E-state index contributed by atoms with van der Waals surface area (Å²) in [6.45, 7) is 10.2. The van der Waals surface area contributed by atoms with Crippen LogP contribution < -0.4 is 0 Å². The van der Waals surface area contributed by atoms with Crippen molar-refractivity contribution in [3.63, 3.8) is 0 Å². The molecule has 0 fully saturated rings. The fraction of sp³-hybridized carbons (Fsp3) is 0.500. The molecule has 2 nitrogen and oxygen atoms in total. The third kappa shape index (κ3) is 4.00. The summed E-state index contributed by atoms with van der Waals surface area (Å²) < 4.78 is 0. The minimum atomic E-state index is 0.0843. The molecule has 1 aromatic rings. The zero-order valence-electron chi connectivity index (χ0n) is 11.2. The van der Waals surface area contributed by atoms with Gasteiger partial charge in [-0.1, -0.05) is 0 Å². The second-order valence-corrected chi connectivity index (χ2v) is 6.03. The predicted molar refractivity (Wildman–Crippen MR) is 75.2 cm³/mol. The topological polar surface area (TPSA) is 20.3 Å². The molecule has 3 heteroatoms. The quantitative estimate of drug-likeness (QED) is 0.747. The third-order valence-corrected chi connectivity index (χ3v) is 3.48. The van der Waals surface area contributed by atoms with Crippen LogP contribution in [0.25, 0.3) is 6.08 Å². The zero-order valence-corrected chi connectivity index (χ0v) is 12.0. The second kappa shape index (κ2) is 6.01. The molecule has 0 spiro atoms. The molecular formula is C14H21NOS. The van der Waals surface area contributed by atoms with E-state index in [2.05, 4.69) is 13.0 Å². The number of thiophene rings is 1. The molecule has 0 radical (unpaired) electrons. The maximum absolute atomic E-state index is 12.1. The van der Waals surface area contributed by atoms with Crippen LogP contribution in [0, 0.1) is 6.92 Å². The summed E-state index contributed by atoms with van der Waals surface area (Å²) in [6.07, 6.45) is 3.57. The SMILES string of the molecule is Cc1ccc(/C=C/C(=O)N(C(C)C)C(C)C)s1. The smallest absolute Gasteiger partial charge is 0.247 e. The molecule has 0 aliphatic carbocycles. The van der Waals surface area contributed by atoms with Gasteiger partial charge in [-0.3, -0.25) is 4.79 Å². The van der Waals surface area contributed by atoms with Crippen molar-refractivity contribution in [2.45, 2.75) is 46.7 Å². The van der Waals surface area contributed by atoms with E-state index in [1.54, 1.807) is 17.4 Å². The Morgan fingerprint density at radius 3 is 2.24 bits per heavy atom. The number of rotatable bonds is 4. The van der Waals surface area contributed by atoms with Crippen LogP contribution in [0.3, 0.4) is 0 Å². The van der Waals surface area contributed by atoms with Crippen molar-refractivity contribution in [2.75, 3.05) is 0 Å². The molecule has 0 atom stereocenters. The van der Waals surface area contributed by atoms with Gasteiger partial charge in [-0.05, 0) is 52.8 Å². The standard InChI is InChI=1S/C14H21NOS/c1-10(2)15(11(3)4)14(16)9-8-13-7-6-12(5)17-13/h6-11H,1-5H3/b9-8+. The lowest BCUT2D eigenvalue weighted by atomic mass is 10.2. The van der Waals surface area contributed by atoms with Crippen LogP contribution in [0.2, 0.25) is 0 Å². The number of carbonyl (C=O) groups is 1. The van der Waals surface area contributed by atoms with E-state index in [0.717, 1.165) is 4.88 Å². The van der Waals surface area contributed by atoms with Gasteiger partial charge in [0.1, 0.15) is 0 Å². The van der Waals surface area contributed by atoms with Crippen molar-refractivity contribution in [3.8, 4) is 0 Å². The van der Waals surface area contributed by atoms with Crippen LogP contribution >= 0.6 is 11.3 Å². The van der Waals surface area contributed by atoms with Crippen molar-refractivity contribution in [1.82, 2.24) is 4.90 Å². The summed E-state index contributed by atoms with van der Waals surface area (Å²) in [5.41, 5.74) is 0. The summed E-state index contributed by atoms with van der Waals surface area (Å²) in [4.78, 5) is 16.3. The number of aryl methyl sites for hydroxylation is 1. The monoisotopic (exact) mass is 251 g/mol. The maximum Gasteiger partial charge on any atom is 0.247 e. The highest BCUT2D eigenvalue weighted by molar-refractivity contribution is 7.12. The van der Waals surface area contributed by atoms with E-state index in [1.807, 2.05) is 44.7 Å². The summed E-state index contributed by atoms with van der Waals surface area (Å²) in [5, 5.41) is 0. The first-order valence-electron chi connectivity index (χ1n) is 5.98. The highest BCUT2D eigenvalue weighted by Crippen LogP contribution is 2.17. The van der Waals surface area contributed by atoms with Gasteiger partial charge in [-0.15, -0.1) is 11.3 Å². The van der Waals surface area contributed by atoms with Crippen molar-refractivity contribution in [3.05, 3.63) is 28.0 Å². The molecule has 0 aliphatic rings. The van der Waals surface area contributed by atoms with E-state index in [1.165, 1.54) is 4.88 Å². The number of nitrogens with zero attached hydrogens (tertiary/aromatic N) is 1. The fourth-order valence-electron chi connectivity index (χ4n) is 1.89. The summed E-state index contributed by atoms with van der Waals surface area (Å²) in [6, 6.07) is 4.57. The molecule has 1 amide bonds. The lowest BCUT2D eigenvalue weighted by Gasteiger charge is -2.29. The first kappa shape index (κ1) is 14.0. The molecule has 94 valence electrons. The second-order valence-electron chi connectivity index (χ2n) is 4.71. The Balaban J connectivity index is 2.73. The molecule has 1 aromatic heterocycles. The van der Waals surface area contributed by atoms with E-state index in [4.69, 9.17) is 0 Å². The Morgan fingerprint density at radius 1 is 1.24 bits per heavy atom. The molecule has 1 heterocycles. The molecule has 0 aliphatic heterocycles. The number of amides is 1. The number of hydrogen-bond acceptors (Lipinski definition) is 2. The molecule has 0 bridgehead atoms. The van der Waals surface area contributed by atoms with Crippen molar-refractivity contribution < 1.29 is 4.79 Å². The predicted octanol–water partition coefficient (Wildman–Crippen LogP) is 3.72. The van der Waals surface area contributed by atoms with Crippen molar-refractivity contribution in [1.29, 1.82) is 0 Å². The Morgan fingerprint density at radius 2 is 1.82 bits per heavy atom. The highest BCUT2D eigenvalue weighted by atomic mass is 32.1. The van der Waals surface area contributed by atoms with Gasteiger partial charge in [0.15, 0.2) is 0 Å². The lowest BCUT2D eigenvalue weighted by molar-refractivity contribution is -0.129. The molecule has 0 N–H and O–H groups in total. The maximum atomic E-state index is 12.1. The van der Waals surface area contributed by atoms with Gasteiger partial charge in [0.05, 0.1) is 0 Å². The summed E-state index contributed by atoms with van der Waals surface area (Å²) in [7, 11) is 0. The molecule has 0 aromatic carbocycles. The van der Waals surface area contributed by atoms with Crippen molar-refractivity contribution in [2.24, 2.45) is 0 Å². The van der Waals surface area contributed by atoms with E-state index in [9.17, 15) is 4.79 Å². The van der Waals surface area contributed by atoms with Crippen LogP contribution in [0.4, 0.5) is 0 Å². The summed E-state index contributed by atoms with van der Waals surface area (Å²) in [5.74, 6) is 0.0843. The molecular weight excluding hydrogens is 230 g/mol. The van der Waals surface area contributed by atoms with Gasteiger partial charge in [0, 0.05) is 27.9 Å². The van der Waals surface area contributed by atoms with Crippen molar-refractivity contribution >= 4 is 23.3 Å². The van der Waals surface area contributed by atoms with Crippen LogP contribution in [0.15, 0.2) is 18.2 Å². The van der Waals surface area contributed by atoms with E-state index in [-0.39, 0.29) is 18.0 Å². The highest BCUT2D eigenvalue weighted by Gasteiger charge is 2.17. The zero-order chi connectivity index (χ0) is 13.0. The van der Waals surface area contributed by atoms with Crippen LogP contribution in [0.1, 0.15) is 37.4 Å². The molecule has 0 unspecified atom stereocenters. The molecule has 1 rings (SSSR count). The summed E-state index contributed by atoms with van der Waals surface area (Å²) >= 11 is 1.70. The van der Waals surface area contributed by atoms with Gasteiger partial charge in [0.25, 0.3) is 0 Å². The van der Waals surface area contributed by atoms with Gasteiger partial charge in [0.2, 0.25) is 5.91 Å². The van der Waals surface area contributed by atoms with Crippen LogP contribution in [0.5, 0.6) is 0 Å². The van der Waals surface area contributed by atoms with Crippen LogP contribution in [-0.2, 0) is 4.79 Å². The van der Waals surface area contributed by atoms with Crippen LogP contribution in [-0.4, -0.2) is 22.9 Å². The third-order valence-electron chi connectivity index (χ3n) is 2.52. The normalized spacial score (nSPS) is 11.7. The Kier molecular flexibility index (Phi) is 4.94. The lowest BCUT2D eigenvalue weighted by Crippen LogP contribution is -2.41. The largest absolute Gasteiger partial charge is 0.334 e. The minimum Gasteiger partial charge on any atom is -0.334 e. The van der Waals surface area contributed by atoms with Gasteiger partial charge in [-0.25, -0.2) is 0 Å². The Bertz CT molecular complexity index is 396.